The van der Waals surface area contributed by atoms with E-state index in [4.69, 9.17) is 20.2 Å². The molecule has 202 valence electrons. The minimum absolute atomic E-state index is 0.164. The van der Waals surface area contributed by atoms with Gasteiger partial charge in [0.25, 0.3) is 5.92 Å². The number of aliphatic hydroxyl groups excluding tert-OH is 1. The topological polar surface area (TPSA) is 112 Å². The van der Waals surface area contributed by atoms with Crippen molar-refractivity contribution in [2.45, 2.75) is 25.8 Å². The first-order valence-corrected chi connectivity index (χ1v) is 12.2. The SMILES string of the molecule is COc1cc(OC)cc(N(CC(CO)C(C)(F)F)c2ccc3ncc(-c4cnn(CCCN)c4)nc3c2)c1. The Balaban J connectivity index is 1.78. The van der Waals surface area contributed by atoms with E-state index in [-0.39, 0.29) is 6.54 Å². The van der Waals surface area contributed by atoms with E-state index in [1.54, 1.807) is 53.7 Å². The van der Waals surface area contributed by atoms with Crippen molar-refractivity contribution in [2.75, 3.05) is 38.8 Å². The number of hydrogen-bond acceptors (Lipinski definition) is 8. The van der Waals surface area contributed by atoms with Gasteiger partial charge in [-0.15, -0.1) is 0 Å². The Morgan fingerprint density at radius 3 is 2.42 bits per heavy atom. The number of methoxy groups -OCH3 is 2. The lowest BCUT2D eigenvalue weighted by molar-refractivity contribution is -0.0548. The van der Waals surface area contributed by atoms with Crippen molar-refractivity contribution in [2.24, 2.45) is 11.7 Å². The van der Waals surface area contributed by atoms with E-state index in [9.17, 15) is 13.9 Å². The predicted octanol–water partition coefficient (Wildman–Crippen LogP) is 4.26. The number of nitrogens with zero attached hydrogens (tertiary/aromatic N) is 5. The maximum atomic E-state index is 14.4. The molecule has 0 aliphatic rings. The zero-order chi connectivity index (χ0) is 27.3. The van der Waals surface area contributed by atoms with Gasteiger partial charge in [0.1, 0.15) is 11.5 Å². The van der Waals surface area contributed by atoms with E-state index < -0.39 is 18.4 Å². The van der Waals surface area contributed by atoms with E-state index in [0.717, 1.165) is 18.9 Å². The van der Waals surface area contributed by atoms with Crippen LogP contribution in [-0.4, -0.2) is 64.7 Å². The summed E-state index contributed by atoms with van der Waals surface area (Å²) in [5, 5.41) is 14.2. The average Bonchev–Trinajstić information content (AvgIpc) is 3.39. The normalized spacial score (nSPS) is 12.5. The molecule has 0 amide bonds. The third-order valence-electron chi connectivity index (χ3n) is 6.35. The van der Waals surface area contributed by atoms with Gasteiger partial charge in [-0.3, -0.25) is 9.67 Å². The van der Waals surface area contributed by atoms with Gasteiger partial charge < -0.3 is 25.2 Å². The Morgan fingerprint density at radius 2 is 1.79 bits per heavy atom. The molecule has 11 heteroatoms. The van der Waals surface area contributed by atoms with Gasteiger partial charge in [0.05, 0.1) is 55.9 Å². The fourth-order valence-corrected chi connectivity index (χ4v) is 4.09. The van der Waals surface area contributed by atoms with Gasteiger partial charge in [-0.25, -0.2) is 13.8 Å². The molecule has 2 heterocycles. The molecule has 3 N–H and O–H groups in total. The zero-order valence-electron chi connectivity index (χ0n) is 21.6. The number of aromatic nitrogens is 4. The number of ether oxygens (including phenoxy) is 2. The third-order valence-corrected chi connectivity index (χ3v) is 6.35. The van der Waals surface area contributed by atoms with E-state index in [0.29, 0.717) is 52.7 Å². The standard InChI is InChI=1S/C27H32F2N6O3/c1-27(28,29)19(17-36)16-35(21-9-22(37-2)12-23(10-21)38-3)20-5-6-24-25(11-20)33-26(14-31-24)18-13-32-34(15-18)8-4-7-30/h5-6,9-15,19,36H,4,7-8,16-17,30H2,1-3H3. The number of benzene rings is 2. The van der Waals surface area contributed by atoms with Crippen LogP contribution in [0.3, 0.4) is 0 Å². The maximum Gasteiger partial charge on any atom is 0.252 e. The molecule has 0 aliphatic heterocycles. The van der Waals surface area contributed by atoms with Crippen molar-refractivity contribution >= 4 is 22.4 Å². The largest absolute Gasteiger partial charge is 0.497 e. The van der Waals surface area contributed by atoms with Gasteiger partial charge in [-0.2, -0.15) is 5.10 Å². The van der Waals surface area contributed by atoms with E-state index in [1.165, 1.54) is 14.2 Å². The van der Waals surface area contributed by atoms with Crippen molar-refractivity contribution in [1.82, 2.24) is 19.7 Å². The van der Waals surface area contributed by atoms with Crippen molar-refractivity contribution in [3.63, 3.8) is 0 Å². The highest BCUT2D eigenvalue weighted by Gasteiger charge is 2.35. The summed E-state index contributed by atoms with van der Waals surface area (Å²) in [6.45, 7) is 1.24. The number of rotatable bonds is 12. The number of halogens is 2. The van der Waals surface area contributed by atoms with Crippen LogP contribution in [0.4, 0.5) is 20.2 Å². The van der Waals surface area contributed by atoms with Crippen LogP contribution >= 0.6 is 0 Å². The molecule has 2 aromatic carbocycles. The Labute approximate surface area is 219 Å². The van der Waals surface area contributed by atoms with Gasteiger partial charge in [0.2, 0.25) is 0 Å². The van der Waals surface area contributed by atoms with Gasteiger partial charge in [0.15, 0.2) is 0 Å². The molecule has 0 spiro atoms. The summed E-state index contributed by atoms with van der Waals surface area (Å²) in [4.78, 5) is 11.0. The highest BCUT2D eigenvalue weighted by Crippen LogP contribution is 2.36. The Kier molecular flexibility index (Phi) is 8.38. The van der Waals surface area contributed by atoms with Gasteiger partial charge in [-0.1, -0.05) is 0 Å². The highest BCUT2D eigenvalue weighted by molar-refractivity contribution is 5.82. The van der Waals surface area contributed by atoms with Crippen LogP contribution in [-0.2, 0) is 6.54 Å². The molecule has 2 aromatic heterocycles. The Morgan fingerprint density at radius 1 is 1.05 bits per heavy atom. The van der Waals surface area contributed by atoms with Gasteiger partial charge in [0, 0.05) is 54.4 Å². The number of fused-ring (bicyclic) bond motifs is 1. The second-order valence-corrected chi connectivity index (χ2v) is 9.08. The first kappa shape index (κ1) is 27.2. The second-order valence-electron chi connectivity index (χ2n) is 9.08. The molecule has 9 nitrogen and oxygen atoms in total. The van der Waals surface area contributed by atoms with E-state index >= 15 is 0 Å². The number of aliphatic hydroxyl groups is 1. The lowest BCUT2D eigenvalue weighted by Crippen LogP contribution is -2.37. The van der Waals surface area contributed by atoms with Crippen molar-refractivity contribution in [1.29, 1.82) is 0 Å². The van der Waals surface area contributed by atoms with Crippen molar-refractivity contribution in [3.05, 3.63) is 55.0 Å². The lowest BCUT2D eigenvalue weighted by atomic mass is 10.0. The zero-order valence-corrected chi connectivity index (χ0v) is 21.6. The van der Waals surface area contributed by atoms with Crippen molar-refractivity contribution in [3.8, 4) is 22.8 Å². The summed E-state index contributed by atoms with van der Waals surface area (Å²) in [6.07, 6.45) is 6.10. The number of nitrogens with two attached hydrogens (primary N) is 1. The highest BCUT2D eigenvalue weighted by atomic mass is 19.3. The minimum atomic E-state index is -3.11. The molecular weight excluding hydrogens is 494 g/mol. The van der Waals surface area contributed by atoms with Crippen LogP contribution in [0.5, 0.6) is 11.5 Å². The lowest BCUT2D eigenvalue weighted by Gasteiger charge is -2.32. The number of aryl methyl sites for hydroxylation is 1. The molecule has 4 aromatic rings. The van der Waals surface area contributed by atoms with E-state index in [1.807, 2.05) is 10.9 Å². The summed E-state index contributed by atoms with van der Waals surface area (Å²) in [6, 6.07) is 10.5. The van der Waals surface area contributed by atoms with Crippen LogP contribution in [0, 0.1) is 5.92 Å². The molecule has 1 unspecified atom stereocenters. The van der Waals surface area contributed by atoms with Crippen LogP contribution in [0.25, 0.3) is 22.3 Å². The quantitative estimate of drug-likeness (QED) is 0.282. The molecule has 0 aliphatic carbocycles. The molecule has 4 rings (SSSR count). The summed E-state index contributed by atoms with van der Waals surface area (Å²) in [5.74, 6) is -3.43. The summed E-state index contributed by atoms with van der Waals surface area (Å²) >= 11 is 0. The summed E-state index contributed by atoms with van der Waals surface area (Å²) < 4.78 is 41.4. The van der Waals surface area contributed by atoms with Crippen LogP contribution in [0.2, 0.25) is 0 Å². The Bertz CT molecular complexity index is 1350. The number of alkyl halides is 2. The molecular formula is C27H32F2N6O3. The second kappa shape index (κ2) is 11.7. The molecule has 0 bridgehead atoms. The molecule has 0 saturated carbocycles. The minimum Gasteiger partial charge on any atom is -0.497 e. The summed E-state index contributed by atoms with van der Waals surface area (Å²) in [7, 11) is 3.04. The molecule has 1 atom stereocenters. The fourth-order valence-electron chi connectivity index (χ4n) is 4.09. The van der Waals surface area contributed by atoms with Gasteiger partial charge >= 0.3 is 0 Å². The first-order chi connectivity index (χ1) is 18.2. The van der Waals surface area contributed by atoms with Crippen LogP contribution < -0.4 is 20.1 Å². The fraction of sp³-hybridized carbons (Fsp3) is 0.370. The molecule has 0 saturated heterocycles. The number of hydrogen-bond donors (Lipinski definition) is 2. The summed E-state index contributed by atoms with van der Waals surface area (Å²) in [5.41, 5.74) is 9.43. The molecule has 0 radical (unpaired) electrons. The maximum absolute atomic E-state index is 14.4. The molecule has 0 fully saturated rings. The number of anilines is 2. The molecule has 38 heavy (non-hydrogen) atoms. The predicted molar refractivity (Wildman–Crippen MR) is 142 cm³/mol. The van der Waals surface area contributed by atoms with Crippen LogP contribution in [0.15, 0.2) is 55.0 Å². The smallest absolute Gasteiger partial charge is 0.252 e. The van der Waals surface area contributed by atoms with Gasteiger partial charge in [-0.05, 0) is 38.1 Å². The van der Waals surface area contributed by atoms with E-state index in [2.05, 4.69) is 10.1 Å². The van der Waals surface area contributed by atoms with Crippen molar-refractivity contribution < 1.29 is 23.4 Å². The third kappa shape index (κ3) is 6.17. The Hall–Kier alpha value is -3.83. The van der Waals surface area contributed by atoms with Crippen LogP contribution in [0.1, 0.15) is 13.3 Å². The average molecular weight is 527 g/mol. The monoisotopic (exact) mass is 526 g/mol. The first-order valence-electron chi connectivity index (χ1n) is 12.2.